The summed E-state index contributed by atoms with van der Waals surface area (Å²) in [7, 11) is 0. The van der Waals surface area contributed by atoms with Crippen molar-refractivity contribution in [3.63, 3.8) is 0 Å². The van der Waals surface area contributed by atoms with Gasteiger partial charge in [0.1, 0.15) is 11.5 Å². The Morgan fingerprint density at radius 2 is 2.23 bits per heavy atom. The van der Waals surface area contributed by atoms with E-state index < -0.39 is 0 Å². The molecule has 0 bridgehead atoms. The summed E-state index contributed by atoms with van der Waals surface area (Å²) < 4.78 is 0. The largest absolute Gasteiger partial charge is 0.382 e. The molecule has 13 heavy (non-hydrogen) atoms. The van der Waals surface area contributed by atoms with Crippen molar-refractivity contribution in [2.24, 2.45) is 4.99 Å². The SMILES string of the molecule is CC1=CCC(c2cncc(N)n2)=N1. The molecule has 0 saturated heterocycles. The molecule has 0 aliphatic carbocycles. The minimum absolute atomic E-state index is 0.435. The fourth-order valence-corrected chi connectivity index (χ4v) is 1.23. The zero-order chi connectivity index (χ0) is 9.26. The lowest BCUT2D eigenvalue weighted by Gasteiger charge is -1.98. The average Bonchev–Trinajstić information content (AvgIpc) is 2.52. The maximum atomic E-state index is 5.52. The number of nitrogens with two attached hydrogens (primary N) is 1. The highest BCUT2D eigenvalue weighted by atomic mass is 14.9. The second kappa shape index (κ2) is 2.97. The van der Waals surface area contributed by atoms with Crippen molar-refractivity contribution in [3.8, 4) is 0 Å². The van der Waals surface area contributed by atoms with Gasteiger partial charge < -0.3 is 5.73 Å². The van der Waals surface area contributed by atoms with Crippen LogP contribution < -0.4 is 5.73 Å². The van der Waals surface area contributed by atoms with Gasteiger partial charge in [-0.1, -0.05) is 6.08 Å². The Kier molecular flexibility index (Phi) is 1.81. The van der Waals surface area contributed by atoms with E-state index in [0.29, 0.717) is 5.82 Å². The van der Waals surface area contributed by atoms with E-state index in [2.05, 4.69) is 21.0 Å². The zero-order valence-corrected chi connectivity index (χ0v) is 7.36. The first-order valence-corrected chi connectivity index (χ1v) is 4.08. The van der Waals surface area contributed by atoms with Gasteiger partial charge in [0.15, 0.2) is 0 Å². The van der Waals surface area contributed by atoms with E-state index >= 15 is 0 Å². The molecule has 4 heteroatoms. The number of allylic oxidation sites excluding steroid dienone is 2. The van der Waals surface area contributed by atoms with Crippen molar-refractivity contribution in [1.82, 2.24) is 9.97 Å². The predicted molar refractivity (Wildman–Crippen MR) is 51.4 cm³/mol. The van der Waals surface area contributed by atoms with Crippen LogP contribution in [0.25, 0.3) is 0 Å². The highest BCUT2D eigenvalue weighted by molar-refractivity contribution is 6.01. The van der Waals surface area contributed by atoms with Gasteiger partial charge in [-0.05, 0) is 6.92 Å². The van der Waals surface area contributed by atoms with Crippen molar-refractivity contribution < 1.29 is 0 Å². The molecule has 2 rings (SSSR count). The van der Waals surface area contributed by atoms with E-state index in [-0.39, 0.29) is 0 Å². The van der Waals surface area contributed by atoms with Crippen molar-refractivity contribution >= 4 is 11.5 Å². The quantitative estimate of drug-likeness (QED) is 0.694. The molecule has 0 fully saturated rings. The summed E-state index contributed by atoms with van der Waals surface area (Å²) >= 11 is 0. The lowest BCUT2D eigenvalue weighted by molar-refractivity contribution is 1.18. The molecular formula is C9H10N4. The summed E-state index contributed by atoms with van der Waals surface area (Å²) in [6, 6.07) is 0. The van der Waals surface area contributed by atoms with E-state index in [4.69, 9.17) is 5.73 Å². The summed E-state index contributed by atoms with van der Waals surface area (Å²) in [6.45, 7) is 1.97. The highest BCUT2D eigenvalue weighted by Gasteiger charge is 2.09. The molecule has 0 unspecified atom stereocenters. The Hall–Kier alpha value is -1.71. The third-order valence-electron chi connectivity index (χ3n) is 1.85. The van der Waals surface area contributed by atoms with Gasteiger partial charge in [0.05, 0.1) is 18.1 Å². The molecular weight excluding hydrogens is 164 g/mol. The van der Waals surface area contributed by atoms with E-state index in [1.165, 1.54) is 6.20 Å². The number of anilines is 1. The molecule has 2 heterocycles. The van der Waals surface area contributed by atoms with Gasteiger partial charge in [-0.25, -0.2) is 4.98 Å². The fourth-order valence-electron chi connectivity index (χ4n) is 1.23. The molecule has 0 radical (unpaired) electrons. The molecule has 0 atom stereocenters. The summed E-state index contributed by atoms with van der Waals surface area (Å²) in [4.78, 5) is 12.4. The van der Waals surface area contributed by atoms with Gasteiger partial charge in [0.25, 0.3) is 0 Å². The van der Waals surface area contributed by atoms with E-state index in [9.17, 15) is 0 Å². The molecule has 0 spiro atoms. The molecule has 1 aliphatic heterocycles. The Labute approximate surface area is 76.2 Å². The Morgan fingerprint density at radius 3 is 2.85 bits per heavy atom. The van der Waals surface area contributed by atoms with E-state index in [1.54, 1.807) is 6.20 Å². The Morgan fingerprint density at radius 1 is 1.38 bits per heavy atom. The Bertz CT molecular complexity index is 392. The van der Waals surface area contributed by atoms with Crippen LogP contribution in [0.3, 0.4) is 0 Å². The van der Waals surface area contributed by atoms with Gasteiger partial charge in [-0.15, -0.1) is 0 Å². The maximum Gasteiger partial charge on any atom is 0.142 e. The van der Waals surface area contributed by atoms with Crippen LogP contribution >= 0.6 is 0 Å². The topological polar surface area (TPSA) is 64.2 Å². The van der Waals surface area contributed by atoms with Gasteiger partial charge in [-0.2, -0.15) is 0 Å². The molecule has 1 aliphatic rings. The monoisotopic (exact) mass is 174 g/mol. The number of hydrogen-bond donors (Lipinski definition) is 1. The highest BCUT2D eigenvalue weighted by Crippen LogP contribution is 2.13. The number of nitrogens with zero attached hydrogens (tertiary/aromatic N) is 3. The standard InChI is InChI=1S/C9H10N4/c1-6-2-3-7(12-6)8-4-11-5-9(10)13-8/h2,4-5H,3H2,1H3,(H2,10,13). The molecule has 2 N–H and O–H groups in total. The molecule has 4 nitrogen and oxygen atoms in total. The first kappa shape index (κ1) is 7.91. The van der Waals surface area contributed by atoms with Gasteiger partial charge in [0, 0.05) is 12.1 Å². The van der Waals surface area contributed by atoms with Crippen molar-refractivity contribution in [2.75, 3.05) is 5.73 Å². The van der Waals surface area contributed by atoms with Crippen LogP contribution in [0.5, 0.6) is 0 Å². The average molecular weight is 174 g/mol. The maximum absolute atomic E-state index is 5.52. The summed E-state index contributed by atoms with van der Waals surface area (Å²) in [5.41, 5.74) is 8.26. The molecule has 0 amide bonds. The second-order valence-corrected chi connectivity index (χ2v) is 2.94. The van der Waals surface area contributed by atoms with Gasteiger partial charge >= 0.3 is 0 Å². The van der Waals surface area contributed by atoms with E-state index in [0.717, 1.165) is 23.5 Å². The summed E-state index contributed by atoms with van der Waals surface area (Å²) in [6.07, 6.45) is 6.09. The van der Waals surface area contributed by atoms with Crippen LogP contribution in [0.4, 0.5) is 5.82 Å². The number of aliphatic imine (C=N–C) groups is 1. The number of aromatic nitrogens is 2. The van der Waals surface area contributed by atoms with Crippen molar-refractivity contribution in [3.05, 3.63) is 29.9 Å². The van der Waals surface area contributed by atoms with Crippen LogP contribution in [0.15, 0.2) is 29.2 Å². The Balaban J connectivity index is 2.33. The molecule has 0 aromatic carbocycles. The number of nitrogen functional groups attached to an aromatic ring is 1. The lowest BCUT2D eigenvalue weighted by atomic mass is 10.2. The lowest BCUT2D eigenvalue weighted by Crippen LogP contribution is -2.03. The van der Waals surface area contributed by atoms with Crippen LogP contribution in [0.2, 0.25) is 0 Å². The summed E-state index contributed by atoms with van der Waals surface area (Å²) in [5.74, 6) is 0.435. The molecule has 66 valence electrons. The van der Waals surface area contributed by atoms with Gasteiger partial charge in [-0.3, -0.25) is 9.98 Å². The first-order chi connectivity index (χ1) is 6.25. The molecule has 1 aromatic rings. The van der Waals surface area contributed by atoms with Crippen LogP contribution in [-0.4, -0.2) is 15.7 Å². The normalized spacial score (nSPS) is 15.5. The first-order valence-electron chi connectivity index (χ1n) is 4.08. The van der Waals surface area contributed by atoms with Crippen LogP contribution in [0.1, 0.15) is 19.0 Å². The number of rotatable bonds is 1. The second-order valence-electron chi connectivity index (χ2n) is 2.94. The molecule has 0 saturated carbocycles. The fraction of sp³-hybridized carbons (Fsp3) is 0.222. The third-order valence-corrected chi connectivity index (χ3v) is 1.85. The number of hydrogen-bond acceptors (Lipinski definition) is 4. The van der Waals surface area contributed by atoms with Crippen LogP contribution in [0, 0.1) is 0 Å². The smallest absolute Gasteiger partial charge is 0.142 e. The minimum Gasteiger partial charge on any atom is -0.382 e. The van der Waals surface area contributed by atoms with Gasteiger partial charge in [0.2, 0.25) is 0 Å². The minimum atomic E-state index is 0.435. The van der Waals surface area contributed by atoms with E-state index in [1.807, 2.05) is 6.92 Å². The summed E-state index contributed by atoms with van der Waals surface area (Å²) in [5, 5.41) is 0. The zero-order valence-electron chi connectivity index (χ0n) is 7.36. The molecule has 1 aromatic heterocycles. The third kappa shape index (κ3) is 1.56. The van der Waals surface area contributed by atoms with Crippen molar-refractivity contribution in [2.45, 2.75) is 13.3 Å². The van der Waals surface area contributed by atoms with Crippen LogP contribution in [-0.2, 0) is 0 Å². The van der Waals surface area contributed by atoms with Crippen molar-refractivity contribution in [1.29, 1.82) is 0 Å². The predicted octanol–water partition coefficient (Wildman–Crippen LogP) is 1.16.